The summed E-state index contributed by atoms with van der Waals surface area (Å²) in [6.45, 7) is 0. The summed E-state index contributed by atoms with van der Waals surface area (Å²) in [6.07, 6.45) is 1.19. The van der Waals surface area contributed by atoms with Crippen LogP contribution in [0.1, 0.15) is 34.0 Å². The zero-order chi connectivity index (χ0) is 19.3. The zero-order valence-electron chi connectivity index (χ0n) is 15.4. The third-order valence-corrected chi connectivity index (χ3v) is 5.51. The lowest BCUT2D eigenvalue weighted by Crippen LogP contribution is -2.11. The van der Waals surface area contributed by atoms with Crippen LogP contribution in [-0.4, -0.2) is 10.8 Å². The number of ketones is 1. The molecule has 0 saturated carbocycles. The summed E-state index contributed by atoms with van der Waals surface area (Å²) in [4.78, 5) is 17.7. The standard InChI is InChI=1S/C25H20BrNO/c26-22-13-10-18(11-14-22)21(17-25(28)20-7-2-1-3-8-20)16-23-15-12-19-6-4-5-9-24(19)27-23/h1-15,21H,16-17H2. The fourth-order valence-electron chi connectivity index (χ4n) is 3.48. The highest BCUT2D eigenvalue weighted by Crippen LogP contribution is 2.27. The van der Waals surface area contributed by atoms with Gasteiger partial charge in [-0.15, -0.1) is 0 Å². The van der Waals surface area contributed by atoms with Crippen molar-refractivity contribution < 1.29 is 4.79 Å². The average Bonchev–Trinajstić information content (AvgIpc) is 2.74. The highest BCUT2D eigenvalue weighted by Gasteiger charge is 2.19. The topological polar surface area (TPSA) is 30.0 Å². The van der Waals surface area contributed by atoms with Crippen LogP contribution in [0, 0.1) is 0 Å². The number of carbonyl (C=O) groups excluding carboxylic acids is 1. The lowest BCUT2D eigenvalue weighted by atomic mass is 9.87. The summed E-state index contributed by atoms with van der Waals surface area (Å²) in [5.41, 5.74) is 3.91. The number of rotatable bonds is 6. The first-order chi connectivity index (χ1) is 13.7. The fourth-order valence-corrected chi connectivity index (χ4v) is 3.75. The lowest BCUT2D eigenvalue weighted by Gasteiger charge is -2.17. The molecule has 0 aliphatic heterocycles. The van der Waals surface area contributed by atoms with Crippen LogP contribution in [0.2, 0.25) is 0 Å². The van der Waals surface area contributed by atoms with Crippen LogP contribution in [0.3, 0.4) is 0 Å². The van der Waals surface area contributed by atoms with Gasteiger partial charge in [-0.3, -0.25) is 9.78 Å². The first-order valence-electron chi connectivity index (χ1n) is 9.37. The molecule has 28 heavy (non-hydrogen) atoms. The molecule has 0 fully saturated rings. The molecular formula is C25H20BrNO. The minimum absolute atomic E-state index is 0.0782. The SMILES string of the molecule is O=C(CC(Cc1ccc2ccccc2n1)c1ccc(Br)cc1)c1ccccc1. The summed E-state index contributed by atoms with van der Waals surface area (Å²) in [7, 11) is 0. The van der Waals surface area contributed by atoms with Crippen LogP contribution in [-0.2, 0) is 6.42 Å². The maximum Gasteiger partial charge on any atom is 0.163 e. The van der Waals surface area contributed by atoms with E-state index in [0.29, 0.717) is 6.42 Å². The molecule has 1 aromatic heterocycles. The van der Waals surface area contributed by atoms with Gasteiger partial charge < -0.3 is 0 Å². The number of pyridine rings is 1. The number of para-hydroxylation sites is 1. The Balaban J connectivity index is 1.63. The molecular weight excluding hydrogens is 410 g/mol. The number of aromatic nitrogens is 1. The van der Waals surface area contributed by atoms with Crippen LogP contribution >= 0.6 is 15.9 Å². The van der Waals surface area contributed by atoms with Gasteiger partial charge >= 0.3 is 0 Å². The van der Waals surface area contributed by atoms with Gasteiger partial charge in [-0.05, 0) is 42.2 Å². The maximum absolute atomic E-state index is 12.9. The molecule has 0 aliphatic carbocycles. The quantitative estimate of drug-likeness (QED) is 0.323. The van der Waals surface area contributed by atoms with E-state index in [0.717, 1.165) is 38.6 Å². The Morgan fingerprint density at radius 2 is 1.54 bits per heavy atom. The molecule has 4 rings (SSSR count). The molecule has 1 unspecified atom stereocenters. The Labute approximate surface area is 173 Å². The number of hydrogen-bond donors (Lipinski definition) is 0. The molecule has 0 bridgehead atoms. The highest BCUT2D eigenvalue weighted by molar-refractivity contribution is 9.10. The summed E-state index contributed by atoms with van der Waals surface area (Å²) in [5.74, 6) is 0.240. The van der Waals surface area contributed by atoms with Crippen LogP contribution in [0.4, 0.5) is 0 Å². The zero-order valence-corrected chi connectivity index (χ0v) is 17.0. The monoisotopic (exact) mass is 429 g/mol. The van der Waals surface area contributed by atoms with Gasteiger partial charge in [0, 0.05) is 27.5 Å². The third kappa shape index (κ3) is 4.37. The van der Waals surface area contributed by atoms with Crippen molar-refractivity contribution in [3.63, 3.8) is 0 Å². The molecule has 0 N–H and O–H groups in total. The van der Waals surface area contributed by atoms with Crippen molar-refractivity contribution in [2.45, 2.75) is 18.8 Å². The Morgan fingerprint density at radius 3 is 2.32 bits per heavy atom. The summed E-state index contributed by atoms with van der Waals surface area (Å²) in [6, 6.07) is 30.1. The van der Waals surface area contributed by atoms with Gasteiger partial charge in [-0.1, -0.05) is 82.7 Å². The Kier molecular flexibility index (Phi) is 5.63. The molecule has 0 saturated heterocycles. The normalized spacial score (nSPS) is 12.0. The number of halogens is 1. The summed E-state index contributed by atoms with van der Waals surface area (Å²) < 4.78 is 1.04. The molecule has 0 aliphatic rings. The Bertz CT molecular complexity index is 1090. The molecule has 0 radical (unpaired) electrons. The maximum atomic E-state index is 12.9. The number of Topliss-reactive ketones (excluding diaryl/α,β-unsaturated/α-hetero) is 1. The predicted octanol–water partition coefficient (Wildman–Crippen LogP) is 6.60. The molecule has 3 heteroatoms. The van der Waals surface area contributed by atoms with Gasteiger partial charge in [0.05, 0.1) is 5.52 Å². The predicted molar refractivity (Wildman–Crippen MR) is 118 cm³/mol. The molecule has 3 aromatic carbocycles. The van der Waals surface area contributed by atoms with E-state index in [9.17, 15) is 4.79 Å². The minimum Gasteiger partial charge on any atom is -0.294 e. The smallest absolute Gasteiger partial charge is 0.163 e. The van der Waals surface area contributed by atoms with E-state index in [4.69, 9.17) is 4.98 Å². The second-order valence-corrected chi connectivity index (χ2v) is 7.86. The number of hydrogen-bond acceptors (Lipinski definition) is 2. The molecule has 138 valence electrons. The summed E-state index contributed by atoms with van der Waals surface area (Å²) >= 11 is 3.50. The molecule has 0 amide bonds. The van der Waals surface area contributed by atoms with E-state index in [1.165, 1.54) is 0 Å². The Morgan fingerprint density at radius 1 is 0.821 bits per heavy atom. The van der Waals surface area contributed by atoms with Gasteiger partial charge in [0.1, 0.15) is 0 Å². The van der Waals surface area contributed by atoms with Crippen molar-refractivity contribution >= 4 is 32.6 Å². The highest BCUT2D eigenvalue weighted by atomic mass is 79.9. The lowest BCUT2D eigenvalue weighted by molar-refractivity contribution is 0.0973. The molecule has 0 spiro atoms. The van der Waals surface area contributed by atoms with Crippen LogP contribution in [0.25, 0.3) is 10.9 Å². The van der Waals surface area contributed by atoms with E-state index in [1.807, 2.05) is 60.7 Å². The van der Waals surface area contributed by atoms with E-state index < -0.39 is 0 Å². The second-order valence-electron chi connectivity index (χ2n) is 6.94. The number of nitrogens with zero attached hydrogens (tertiary/aromatic N) is 1. The van der Waals surface area contributed by atoms with Crippen molar-refractivity contribution in [1.29, 1.82) is 0 Å². The van der Waals surface area contributed by atoms with Crippen LogP contribution < -0.4 is 0 Å². The van der Waals surface area contributed by atoms with E-state index >= 15 is 0 Å². The van der Waals surface area contributed by atoms with Gasteiger partial charge in [0.15, 0.2) is 5.78 Å². The average molecular weight is 430 g/mol. The molecule has 4 aromatic rings. The van der Waals surface area contributed by atoms with Crippen molar-refractivity contribution in [3.8, 4) is 0 Å². The molecule has 2 nitrogen and oxygen atoms in total. The van der Waals surface area contributed by atoms with E-state index in [-0.39, 0.29) is 11.7 Å². The van der Waals surface area contributed by atoms with Crippen molar-refractivity contribution in [2.75, 3.05) is 0 Å². The van der Waals surface area contributed by atoms with Gasteiger partial charge in [0.2, 0.25) is 0 Å². The minimum atomic E-state index is 0.0782. The first kappa shape index (κ1) is 18.6. The molecule has 1 atom stereocenters. The largest absolute Gasteiger partial charge is 0.294 e. The van der Waals surface area contributed by atoms with Gasteiger partial charge in [0.25, 0.3) is 0 Å². The van der Waals surface area contributed by atoms with Crippen molar-refractivity contribution in [1.82, 2.24) is 4.98 Å². The van der Waals surface area contributed by atoms with E-state index in [2.05, 4.69) is 46.3 Å². The number of fused-ring (bicyclic) bond motifs is 1. The van der Waals surface area contributed by atoms with Crippen LogP contribution in [0.5, 0.6) is 0 Å². The van der Waals surface area contributed by atoms with Gasteiger partial charge in [-0.2, -0.15) is 0 Å². The Hall–Kier alpha value is -2.78. The third-order valence-electron chi connectivity index (χ3n) is 4.98. The number of carbonyl (C=O) groups is 1. The number of benzene rings is 3. The van der Waals surface area contributed by atoms with Gasteiger partial charge in [-0.25, -0.2) is 0 Å². The van der Waals surface area contributed by atoms with Crippen LogP contribution in [0.15, 0.2) is 95.5 Å². The van der Waals surface area contributed by atoms with E-state index in [1.54, 1.807) is 0 Å². The molecule has 1 heterocycles. The van der Waals surface area contributed by atoms with Crippen molar-refractivity contribution in [2.24, 2.45) is 0 Å². The van der Waals surface area contributed by atoms with Crippen molar-refractivity contribution in [3.05, 3.63) is 112 Å². The summed E-state index contributed by atoms with van der Waals surface area (Å²) in [5, 5.41) is 1.13. The first-order valence-corrected chi connectivity index (χ1v) is 10.2. The second kappa shape index (κ2) is 8.49. The fraction of sp³-hybridized carbons (Fsp3) is 0.120.